The monoisotopic (exact) mass is 268 g/mol. The Morgan fingerprint density at radius 3 is 2.60 bits per heavy atom. The molecule has 3 aromatic rings. The fraction of sp³-hybridized carbons (Fsp3) is 0.176. The van der Waals surface area contributed by atoms with Crippen LogP contribution in [-0.2, 0) is 6.54 Å². The van der Waals surface area contributed by atoms with Crippen LogP contribution in [0.3, 0.4) is 0 Å². The second kappa shape index (κ2) is 4.76. The molecule has 0 amide bonds. The van der Waals surface area contributed by atoms with Crippen LogP contribution in [0.2, 0.25) is 0 Å². The number of aryl methyl sites for hydroxylation is 2. The maximum Gasteiger partial charge on any atom is 0.126 e. The molecule has 0 atom stereocenters. The third-order valence-electron chi connectivity index (χ3n) is 3.71. The lowest BCUT2D eigenvalue weighted by atomic mass is 10.0. The summed E-state index contributed by atoms with van der Waals surface area (Å²) in [6.07, 6.45) is 0. The van der Waals surface area contributed by atoms with Crippen molar-refractivity contribution < 1.29 is 4.39 Å². The number of benzene rings is 2. The minimum absolute atomic E-state index is 0.185. The Kier molecular flexibility index (Phi) is 3.07. The van der Waals surface area contributed by atoms with Crippen molar-refractivity contribution in [1.29, 1.82) is 0 Å². The Bertz CT molecular complexity index is 787. The third-order valence-corrected chi connectivity index (χ3v) is 3.71. The van der Waals surface area contributed by atoms with E-state index in [0.717, 1.165) is 27.7 Å². The highest BCUT2D eigenvalue weighted by molar-refractivity contribution is 5.91. The first-order chi connectivity index (χ1) is 9.60. The number of aromatic nitrogens is 1. The molecule has 102 valence electrons. The molecule has 0 bridgehead atoms. The molecule has 0 radical (unpaired) electrons. The summed E-state index contributed by atoms with van der Waals surface area (Å²) in [6, 6.07) is 11.4. The van der Waals surface area contributed by atoms with Gasteiger partial charge in [0.15, 0.2) is 0 Å². The lowest BCUT2D eigenvalue weighted by molar-refractivity contribution is 0.619. The van der Waals surface area contributed by atoms with E-state index in [4.69, 9.17) is 5.73 Å². The number of halogens is 1. The first-order valence-corrected chi connectivity index (χ1v) is 6.68. The van der Waals surface area contributed by atoms with E-state index >= 15 is 0 Å². The van der Waals surface area contributed by atoms with Crippen LogP contribution in [0.5, 0.6) is 0 Å². The maximum absolute atomic E-state index is 13.4. The van der Waals surface area contributed by atoms with E-state index in [-0.39, 0.29) is 5.82 Å². The molecule has 1 heterocycles. The second-order valence-electron chi connectivity index (χ2n) is 5.20. The van der Waals surface area contributed by atoms with Crippen LogP contribution >= 0.6 is 0 Å². The summed E-state index contributed by atoms with van der Waals surface area (Å²) in [6.45, 7) is 4.29. The topological polar surface area (TPSA) is 41.8 Å². The highest BCUT2D eigenvalue weighted by atomic mass is 19.1. The highest BCUT2D eigenvalue weighted by Gasteiger charge is 2.12. The fourth-order valence-corrected chi connectivity index (χ4v) is 2.62. The Morgan fingerprint density at radius 1 is 1.10 bits per heavy atom. The minimum atomic E-state index is -0.185. The molecule has 3 heteroatoms. The molecule has 0 fully saturated rings. The zero-order valence-electron chi connectivity index (χ0n) is 11.6. The first-order valence-electron chi connectivity index (χ1n) is 6.68. The number of H-pyrrole nitrogens is 1. The lowest BCUT2D eigenvalue weighted by Crippen LogP contribution is -1.98. The Balaban J connectivity index is 2.27. The van der Waals surface area contributed by atoms with Gasteiger partial charge in [0, 0.05) is 17.4 Å². The summed E-state index contributed by atoms with van der Waals surface area (Å²) in [7, 11) is 0. The van der Waals surface area contributed by atoms with Crippen LogP contribution in [0.1, 0.15) is 16.7 Å². The molecule has 2 aromatic carbocycles. The minimum Gasteiger partial charge on any atom is -0.354 e. The summed E-state index contributed by atoms with van der Waals surface area (Å²) in [5.74, 6) is -0.185. The smallest absolute Gasteiger partial charge is 0.126 e. The van der Waals surface area contributed by atoms with Crippen LogP contribution < -0.4 is 5.73 Å². The summed E-state index contributed by atoms with van der Waals surface area (Å²) in [4.78, 5) is 3.40. The van der Waals surface area contributed by atoms with Crippen molar-refractivity contribution in [2.75, 3.05) is 0 Å². The zero-order chi connectivity index (χ0) is 14.3. The van der Waals surface area contributed by atoms with E-state index in [1.807, 2.05) is 6.07 Å². The van der Waals surface area contributed by atoms with Gasteiger partial charge in [0.1, 0.15) is 5.82 Å². The first kappa shape index (κ1) is 12.9. The molecule has 0 aliphatic carbocycles. The molecule has 0 spiro atoms. The SMILES string of the molecule is Cc1ccc2[nH]c(-c3ccc(F)c(C)c3)c(CN)c2c1. The molecule has 1 aromatic heterocycles. The van der Waals surface area contributed by atoms with Crippen molar-refractivity contribution in [3.63, 3.8) is 0 Å². The molecule has 3 rings (SSSR count). The number of hydrogen-bond donors (Lipinski definition) is 2. The molecule has 0 aliphatic rings. The van der Waals surface area contributed by atoms with Crippen molar-refractivity contribution in [3.8, 4) is 11.3 Å². The average Bonchev–Trinajstić information content (AvgIpc) is 2.79. The van der Waals surface area contributed by atoms with Crippen molar-refractivity contribution in [3.05, 3.63) is 58.9 Å². The highest BCUT2D eigenvalue weighted by Crippen LogP contribution is 2.31. The van der Waals surface area contributed by atoms with Crippen molar-refractivity contribution in [1.82, 2.24) is 4.98 Å². The van der Waals surface area contributed by atoms with E-state index < -0.39 is 0 Å². The van der Waals surface area contributed by atoms with Crippen LogP contribution in [-0.4, -0.2) is 4.98 Å². The summed E-state index contributed by atoms with van der Waals surface area (Å²) in [5, 5.41) is 1.14. The van der Waals surface area contributed by atoms with Gasteiger partial charge in [0.05, 0.1) is 5.69 Å². The molecule has 3 N–H and O–H groups in total. The van der Waals surface area contributed by atoms with Crippen molar-refractivity contribution in [2.24, 2.45) is 5.73 Å². The van der Waals surface area contributed by atoms with Crippen molar-refractivity contribution in [2.45, 2.75) is 20.4 Å². The van der Waals surface area contributed by atoms with E-state index in [2.05, 4.69) is 30.1 Å². The molecule has 20 heavy (non-hydrogen) atoms. The van der Waals surface area contributed by atoms with E-state index in [1.165, 1.54) is 11.6 Å². The van der Waals surface area contributed by atoms with Crippen LogP contribution in [0.15, 0.2) is 36.4 Å². The number of fused-ring (bicyclic) bond motifs is 1. The number of hydrogen-bond acceptors (Lipinski definition) is 1. The van der Waals surface area contributed by atoms with Crippen LogP contribution in [0, 0.1) is 19.7 Å². The normalized spacial score (nSPS) is 11.2. The molecule has 0 saturated carbocycles. The second-order valence-corrected chi connectivity index (χ2v) is 5.20. The molecular weight excluding hydrogens is 251 g/mol. The number of nitrogens with two attached hydrogens (primary N) is 1. The molecule has 0 unspecified atom stereocenters. The maximum atomic E-state index is 13.4. The van der Waals surface area contributed by atoms with E-state index in [1.54, 1.807) is 13.0 Å². The van der Waals surface area contributed by atoms with E-state index in [9.17, 15) is 4.39 Å². The zero-order valence-corrected chi connectivity index (χ0v) is 11.6. The van der Waals surface area contributed by atoms with Gasteiger partial charge in [-0.05, 0) is 60.9 Å². The molecule has 0 saturated heterocycles. The predicted molar refractivity (Wildman–Crippen MR) is 81.1 cm³/mol. The standard InChI is InChI=1S/C17H17FN2/c1-10-3-6-16-13(7-10)14(9-19)17(20-16)12-4-5-15(18)11(2)8-12/h3-8,20H,9,19H2,1-2H3. The van der Waals surface area contributed by atoms with Gasteiger partial charge in [0.2, 0.25) is 0 Å². The number of rotatable bonds is 2. The van der Waals surface area contributed by atoms with Crippen LogP contribution in [0.25, 0.3) is 22.2 Å². The average molecular weight is 268 g/mol. The fourth-order valence-electron chi connectivity index (χ4n) is 2.62. The largest absolute Gasteiger partial charge is 0.354 e. The summed E-state index contributed by atoms with van der Waals surface area (Å²) in [5.41, 5.74) is 11.9. The van der Waals surface area contributed by atoms with Gasteiger partial charge in [-0.1, -0.05) is 11.6 Å². The summed E-state index contributed by atoms with van der Waals surface area (Å²) >= 11 is 0. The predicted octanol–water partition coefficient (Wildman–Crippen LogP) is 4.05. The van der Waals surface area contributed by atoms with Gasteiger partial charge in [-0.2, -0.15) is 0 Å². The van der Waals surface area contributed by atoms with Crippen LogP contribution in [0.4, 0.5) is 4.39 Å². The Morgan fingerprint density at radius 2 is 1.90 bits per heavy atom. The number of aromatic amines is 1. The molecule has 0 aliphatic heterocycles. The van der Waals surface area contributed by atoms with Gasteiger partial charge >= 0.3 is 0 Å². The van der Waals surface area contributed by atoms with E-state index in [0.29, 0.717) is 12.1 Å². The van der Waals surface area contributed by atoms with Gasteiger partial charge < -0.3 is 10.7 Å². The van der Waals surface area contributed by atoms with Gasteiger partial charge in [-0.15, -0.1) is 0 Å². The Labute approximate surface area is 117 Å². The quantitative estimate of drug-likeness (QED) is 0.723. The summed E-state index contributed by atoms with van der Waals surface area (Å²) < 4.78 is 13.4. The lowest BCUT2D eigenvalue weighted by Gasteiger charge is -2.05. The van der Waals surface area contributed by atoms with Crippen molar-refractivity contribution >= 4 is 10.9 Å². The van der Waals surface area contributed by atoms with Gasteiger partial charge in [-0.25, -0.2) is 4.39 Å². The Hall–Kier alpha value is -2.13. The number of nitrogens with one attached hydrogen (secondary N) is 1. The molecular formula is C17H17FN2. The third kappa shape index (κ3) is 2.00. The van der Waals surface area contributed by atoms with Gasteiger partial charge in [0.25, 0.3) is 0 Å². The molecule has 2 nitrogen and oxygen atoms in total. The van der Waals surface area contributed by atoms with Gasteiger partial charge in [-0.3, -0.25) is 0 Å².